The third-order valence-corrected chi connectivity index (χ3v) is 2.54. The first-order chi connectivity index (χ1) is 5.11. The lowest BCUT2D eigenvalue weighted by atomic mass is 9.93. The molecule has 11 heavy (non-hydrogen) atoms. The Kier molecular flexibility index (Phi) is 2.53. The summed E-state index contributed by atoms with van der Waals surface area (Å²) in [6.45, 7) is 7.01. The van der Waals surface area contributed by atoms with Crippen LogP contribution >= 0.6 is 0 Å². The maximum absolute atomic E-state index is 11.0. The SMILES string of the molecule is CC(=O)N1CCC(C)C[C@H]1C. The molecule has 0 bridgehead atoms. The van der Waals surface area contributed by atoms with E-state index in [4.69, 9.17) is 0 Å². The number of likely N-dealkylation sites (tertiary alicyclic amines) is 1. The molecule has 0 aromatic heterocycles. The maximum atomic E-state index is 11.0. The average Bonchev–Trinajstić information content (AvgIpc) is 1.85. The van der Waals surface area contributed by atoms with E-state index in [2.05, 4.69) is 13.8 Å². The van der Waals surface area contributed by atoms with Crippen molar-refractivity contribution in [2.75, 3.05) is 6.54 Å². The van der Waals surface area contributed by atoms with E-state index in [0.29, 0.717) is 6.04 Å². The summed E-state index contributed by atoms with van der Waals surface area (Å²) in [5.41, 5.74) is 0. The Labute approximate surface area is 68.6 Å². The Balaban J connectivity index is 2.50. The zero-order valence-corrected chi connectivity index (χ0v) is 7.63. The van der Waals surface area contributed by atoms with Gasteiger partial charge < -0.3 is 4.90 Å². The third kappa shape index (κ3) is 1.95. The number of piperidine rings is 1. The van der Waals surface area contributed by atoms with Gasteiger partial charge in [-0.05, 0) is 25.7 Å². The first-order valence-electron chi connectivity index (χ1n) is 4.38. The van der Waals surface area contributed by atoms with Crippen LogP contribution in [0, 0.1) is 5.92 Å². The van der Waals surface area contributed by atoms with Crippen LogP contribution in [0.15, 0.2) is 0 Å². The lowest BCUT2D eigenvalue weighted by Gasteiger charge is -2.35. The molecular formula is C9H17NO. The van der Waals surface area contributed by atoms with Gasteiger partial charge in [0.15, 0.2) is 0 Å². The van der Waals surface area contributed by atoms with Gasteiger partial charge in [-0.3, -0.25) is 4.79 Å². The Morgan fingerprint density at radius 3 is 2.55 bits per heavy atom. The van der Waals surface area contributed by atoms with E-state index in [0.717, 1.165) is 12.5 Å². The summed E-state index contributed by atoms with van der Waals surface area (Å²) in [4.78, 5) is 13.0. The number of carbonyl (C=O) groups is 1. The molecule has 1 amide bonds. The van der Waals surface area contributed by atoms with Gasteiger partial charge in [0.1, 0.15) is 0 Å². The fraction of sp³-hybridized carbons (Fsp3) is 0.889. The quantitative estimate of drug-likeness (QED) is 0.521. The summed E-state index contributed by atoms with van der Waals surface area (Å²) in [6, 6.07) is 0.455. The lowest BCUT2D eigenvalue weighted by Crippen LogP contribution is -2.42. The van der Waals surface area contributed by atoms with Crippen LogP contribution in [-0.2, 0) is 4.79 Å². The normalized spacial score (nSPS) is 32.1. The average molecular weight is 155 g/mol. The fourth-order valence-corrected chi connectivity index (χ4v) is 1.88. The molecule has 0 saturated carbocycles. The molecule has 1 rings (SSSR count). The van der Waals surface area contributed by atoms with Crippen molar-refractivity contribution < 1.29 is 4.79 Å². The first kappa shape index (κ1) is 8.57. The zero-order chi connectivity index (χ0) is 8.43. The molecule has 1 saturated heterocycles. The van der Waals surface area contributed by atoms with Gasteiger partial charge in [-0.15, -0.1) is 0 Å². The van der Waals surface area contributed by atoms with E-state index in [9.17, 15) is 4.79 Å². The number of hydrogen-bond donors (Lipinski definition) is 0. The Morgan fingerprint density at radius 1 is 1.45 bits per heavy atom. The predicted octanol–water partition coefficient (Wildman–Crippen LogP) is 1.65. The molecule has 0 radical (unpaired) electrons. The topological polar surface area (TPSA) is 20.3 Å². The van der Waals surface area contributed by atoms with E-state index in [-0.39, 0.29) is 5.91 Å². The van der Waals surface area contributed by atoms with E-state index in [1.807, 2.05) is 4.90 Å². The third-order valence-electron chi connectivity index (χ3n) is 2.54. The molecule has 2 nitrogen and oxygen atoms in total. The van der Waals surface area contributed by atoms with Crippen molar-refractivity contribution in [3.8, 4) is 0 Å². The second kappa shape index (κ2) is 3.24. The van der Waals surface area contributed by atoms with Gasteiger partial charge in [0, 0.05) is 19.5 Å². The standard InChI is InChI=1S/C9H17NO/c1-7-4-5-10(9(3)11)8(2)6-7/h7-8H,4-6H2,1-3H3/t7?,8-/m1/s1. The molecule has 0 spiro atoms. The van der Waals surface area contributed by atoms with E-state index in [1.165, 1.54) is 12.8 Å². The van der Waals surface area contributed by atoms with Gasteiger partial charge in [0.2, 0.25) is 5.91 Å². The monoisotopic (exact) mass is 155 g/mol. The minimum Gasteiger partial charge on any atom is -0.340 e. The van der Waals surface area contributed by atoms with Crippen LogP contribution in [0.3, 0.4) is 0 Å². The van der Waals surface area contributed by atoms with Crippen molar-refractivity contribution in [3.63, 3.8) is 0 Å². The van der Waals surface area contributed by atoms with E-state index >= 15 is 0 Å². The van der Waals surface area contributed by atoms with E-state index < -0.39 is 0 Å². The van der Waals surface area contributed by atoms with Crippen molar-refractivity contribution in [1.29, 1.82) is 0 Å². The van der Waals surface area contributed by atoms with Crippen molar-refractivity contribution >= 4 is 5.91 Å². The minimum atomic E-state index is 0.226. The van der Waals surface area contributed by atoms with Crippen LogP contribution in [0.25, 0.3) is 0 Å². The molecule has 2 heteroatoms. The summed E-state index contributed by atoms with van der Waals surface area (Å²) in [5, 5.41) is 0. The molecule has 2 atom stereocenters. The number of hydrogen-bond acceptors (Lipinski definition) is 1. The van der Waals surface area contributed by atoms with Crippen molar-refractivity contribution in [2.45, 2.75) is 39.7 Å². The van der Waals surface area contributed by atoms with Gasteiger partial charge in [0.05, 0.1) is 0 Å². The van der Waals surface area contributed by atoms with Crippen LogP contribution in [0.4, 0.5) is 0 Å². The molecular weight excluding hydrogens is 138 g/mol. The van der Waals surface area contributed by atoms with Gasteiger partial charge in [0.25, 0.3) is 0 Å². The van der Waals surface area contributed by atoms with Crippen LogP contribution in [0.5, 0.6) is 0 Å². The first-order valence-corrected chi connectivity index (χ1v) is 4.38. The summed E-state index contributed by atoms with van der Waals surface area (Å²) in [5.74, 6) is 1.02. The highest BCUT2D eigenvalue weighted by Gasteiger charge is 2.23. The van der Waals surface area contributed by atoms with Gasteiger partial charge >= 0.3 is 0 Å². The molecule has 1 unspecified atom stereocenters. The highest BCUT2D eigenvalue weighted by atomic mass is 16.2. The number of amides is 1. The van der Waals surface area contributed by atoms with Gasteiger partial charge in [-0.25, -0.2) is 0 Å². The van der Waals surface area contributed by atoms with Crippen molar-refractivity contribution in [3.05, 3.63) is 0 Å². The largest absolute Gasteiger partial charge is 0.340 e. The smallest absolute Gasteiger partial charge is 0.219 e. The van der Waals surface area contributed by atoms with Gasteiger partial charge in [-0.2, -0.15) is 0 Å². The molecule has 1 aliphatic rings. The summed E-state index contributed by atoms with van der Waals surface area (Å²) >= 11 is 0. The summed E-state index contributed by atoms with van der Waals surface area (Å²) in [6.07, 6.45) is 2.34. The summed E-state index contributed by atoms with van der Waals surface area (Å²) < 4.78 is 0. The highest BCUT2D eigenvalue weighted by molar-refractivity contribution is 5.73. The Bertz CT molecular complexity index is 156. The fourth-order valence-electron chi connectivity index (χ4n) is 1.88. The van der Waals surface area contributed by atoms with E-state index in [1.54, 1.807) is 6.92 Å². The van der Waals surface area contributed by atoms with Crippen LogP contribution in [0.2, 0.25) is 0 Å². The maximum Gasteiger partial charge on any atom is 0.219 e. The molecule has 64 valence electrons. The minimum absolute atomic E-state index is 0.226. The summed E-state index contributed by atoms with van der Waals surface area (Å²) in [7, 11) is 0. The van der Waals surface area contributed by atoms with Crippen LogP contribution < -0.4 is 0 Å². The van der Waals surface area contributed by atoms with Crippen molar-refractivity contribution in [1.82, 2.24) is 4.90 Å². The number of carbonyl (C=O) groups excluding carboxylic acids is 1. The molecule has 1 aliphatic heterocycles. The molecule has 0 aliphatic carbocycles. The molecule has 0 aromatic rings. The Morgan fingerprint density at radius 2 is 2.09 bits per heavy atom. The second-order valence-corrected chi connectivity index (χ2v) is 3.69. The zero-order valence-electron chi connectivity index (χ0n) is 7.63. The lowest BCUT2D eigenvalue weighted by molar-refractivity contribution is -0.132. The number of rotatable bonds is 0. The van der Waals surface area contributed by atoms with Crippen molar-refractivity contribution in [2.24, 2.45) is 5.92 Å². The molecule has 1 fully saturated rings. The second-order valence-electron chi connectivity index (χ2n) is 3.69. The molecule has 1 heterocycles. The highest BCUT2D eigenvalue weighted by Crippen LogP contribution is 2.21. The molecule has 0 N–H and O–H groups in total. The van der Waals surface area contributed by atoms with Crippen LogP contribution in [-0.4, -0.2) is 23.4 Å². The van der Waals surface area contributed by atoms with Crippen LogP contribution in [0.1, 0.15) is 33.6 Å². The molecule has 0 aromatic carbocycles. The predicted molar refractivity (Wildman–Crippen MR) is 45.2 cm³/mol. The Hall–Kier alpha value is -0.530. The number of nitrogens with zero attached hydrogens (tertiary/aromatic N) is 1. The van der Waals surface area contributed by atoms with Gasteiger partial charge in [-0.1, -0.05) is 6.92 Å².